The molecule has 3 N–H and O–H groups in total. The standard InChI is InChI=1S/C15H15ClF2N2/c1-9-4-11(8-12(17)5-9)15(20-19)7-10-2-3-14(18)13(16)6-10/h2-6,8,15,20H,7,19H2,1H3. The van der Waals surface area contributed by atoms with E-state index in [2.05, 4.69) is 5.43 Å². The first-order valence-electron chi connectivity index (χ1n) is 6.16. The highest BCUT2D eigenvalue weighted by Crippen LogP contribution is 2.23. The van der Waals surface area contributed by atoms with Gasteiger partial charge in [-0.2, -0.15) is 0 Å². The molecule has 0 saturated carbocycles. The largest absolute Gasteiger partial charge is 0.271 e. The third-order valence-electron chi connectivity index (χ3n) is 3.09. The number of hydrogen-bond acceptors (Lipinski definition) is 2. The number of halogens is 3. The van der Waals surface area contributed by atoms with Crippen LogP contribution in [0.15, 0.2) is 36.4 Å². The number of aryl methyl sites for hydroxylation is 1. The fourth-order valence-corrected chi connectivity index (χ4v) is 2.34. The van der Waals surface area contributed by atoms with Crippen LogP contribution in [0, 0.1) is 18.6 Å². The predicted octanol–water partition coefficient (Wildman–Crippen LogP) is 3.67. The molecule has 2 aromatic carbocycles. The molecule has 2 rings (SSSR count). The molecule has 20 heavy (non-hydrogen) atoms. The maximum Gasteiger partial charge on any atom is 0.141 e. The zero-order valence-corrected chi connectivity index (χ0v) is 11.7. The van der Waals surface area contributed by atoms with Crippen molar-refractivity contribution < 1.29 is 8.78 Å². The molecule has 0 spiro atoms. The van der Waals surface area contributed by atoms with E-state index in [0.717, 1.165) is 16.7 Å². The van der Waals surface area contributed by atoms with Crippen molar-refractivity contribution in [3.05, 3.63) is 69.7 Å². The first-order valence-corrected chi connectivity index (χ1v) is 6.54. The Morgan fingerprint density at radius 3 is 2.55 bits per heavy atom. The van der Waals surface area contributed by atoms with Crippen molar-refractivity contribution in [2.45, 2.75) is 19.4 Å². The van der Waals surface area contributed by atoms with Gasteiger partial charge in [0.25, 0.3) is 0 Å². The molecule has 0 aromatic heterocycles. The molecule has 1 atom stereocenters. The van der Waals surface area contributed by atoms with Gasteiger partial charge < -0.3 is 0 Å². The second-order valence-corrected chi connectivity index (χ2v) is 5.14. The molecule has 2 nitrogen and oxygen atoms in total. The van der Waals surface area contributed by atoms with Crippen molar-refractivity contribution >= 4 is 11.6 Å². The average Bonchev–Trinajstić information content (AvgIpc) is 2.38. The van der Waals surface area contributed by atoms with Gasteiger partial charge in [0.05, 0.1) is 11.1 Å². The summed E-state index contributed by atoms with van der Waals surface area (Å²) in [4.78, 5) is 0. The van der Waals surface area contributed by atoms with E-state index >= 15 is 0 Å². The van der Waals surface area contributed by atoms with E-state index in [9.17, 15) is 8.78 Å². The van der Waals surface area contributed by atoms with Crippen LogP contribution >= 0.6 is 11.6 Å². The first kappa shape index (κ1) is 14.9. The van der Waals surface area contributed by atoms with Gasteiger partial charge in [0.1, 0.15) is 11.6 Å². The van der Waals surface area contributed by atoms with Crippen LogP contribution in [0.1, 0.15) is 22.7 Å². The van der Waals surface area contributed by atoms with Crippen LogP contribution < -0.4 is 11.3 Å². The lowest BCUT2D eigenvalue weighted by atomic mass is 9.98. The van der Waals surface area contributed by atoms with Crippen LogP contribution in [0.4, 0.5) is 8.78 Å². The molecule has 0 amide bonds. The van der Waals surface area contributed by atoms with E-state index in [-0.39, 0.29) is 16.9 Å². The van der Waals surface area contributed by atoms with E-state index in [1.54, 1.807) is 12.1 Å². The van der Waals surface area contributed by atoms with Gasteiger partial charge in [-0.25, -0.2) is 8.78 Å². The summed E-state index contributed by atoms with van der Waals surface area (Å²) >= 11 is 5.75. The van der Waals surface area contributed by atoms with Crippen LogP contribution in [-0.4, -0.2) is 0 Å². The van der Waals surface area contributed by atoms with Gasteiger partial charge in [0, 0.05) is 0 Å². The molecular formula is C15H15ClF2N2. The van der Waals surface area contributed by atoms with E-state index in [4.69, 9.17) is 17.4 Å². The lowest BCUT2D eigenvalue weighted by Crippen LogP contribution is -2.29. The fraction of sp³-hybridized carbons (Fsp3) is 0.200. The molecule has 1 unspecified atom stereocenters. The summed E-state index contributed by atoms with van der Waals surface area (Å²) in [6.45, 7) is 1.81. The number of hydrazine groups is 1. The summed E-state index contributed by atoms with van der Waals surface area (Å²) in [5.74, 6) is 4.77. The van der Waals surface area contributed by atoms with Gasteiger partial charge in [0.2, 0.25) is 0 Å². The van der Waals surface area contributed by atoms with Crippen LogP contribution in [0.3, 0.4) is 0 Å². The minimum absolute atomic E-state index is 0.0636. The zero-order valence-electron chi connectivity index (χ0n) is 11.0. The molecule has 5 heteroatoms. The highest BCUT2D eigenvalue weighted by atomic mass is 35.5. The lowest BCUT2D eigenvalue weighted by Gasteiger charge is -2.17. The summed E-state index contributed by atoms with van der Waals surface area (Å²) < 4.78 is 26.6. The SMILES string of the molecule is Cc1cc(F)cc(C(Cc2ccc(F)c(Cl)c2)NN)c1. The maximum atomic E-state index is 13.4. The van der Waals surface area contributed by atoms with Crippen molar-refractivity contribution in [2.75, 3.05) is 0 Å². The maximum absolute atomic E-state index is 13.4. The molecule has 2 aromatic rings. The highest BCUT2D eigenvalue weighted by Gasteiger charge is 2.13. The Morgan fingerprint density at radius 1 is 1.20 bits per heavy atom. The summed E-state index contributed by atoms with van der Waals surface area (Å²) in [7, 11) is 0. The Kier molecular flexibility index (Phi) is 4.70. The first-order chi connectivity index (χ1) is 9.49. The Labute approximate surface area is 121 Å². The predicted molar refractivity (Wildman–Crippen MR) is 76.3 cm³/mol. The van der Waals surface area contributed by atoms with Crippen molar-refractivity contribution in [1.82, 2.24) is 5.43 Å². The third-order valence-corrected chi connectivity index (χ3v) is 3.38. The van der Waals surface area contributed by atoms with E-state index in [1.807, 2.05) is 13.0 Å². The number of rotatable bonds is 4. The Balaban J connectivity index is 2.26. The minimum Gasteiger partial charge on any atom is -0.271 e. The summed E-state index contributed by atoms with van der Waals surface area (Å²) in [5, 5.41) is 0.0636. The van der Waals surface area contributed by atoms with Gasteiger partial charge in [-0.1, -0.05) is 23.7 Å². The van der Waals surface area contributed by atoms with Crippen molar-refractivity contribution in [3.63, 3.8) is 0 Å². The topological polar surface area (TPSA) is 38.0 Å². The molecule has 0 fully saturated rings. The van der Waals surface area contributed by atoms with Gasteiger partial charge in [0.15, 0.2) is 0 Å². The van der Waals surface area contributed by atoms with Crippen LogP contribution in [-0.2, 0) is 6.42 Å². The van der Waals surface area contributed by atoms with Gasteiger partial charge >= 0.3 is 0 Å². The number of hydrogen-bond donors (Lipinski definition) is 2. The van der Waals surface area contributed by atoms with Gasteiger partial charge in [-0.3, -0.25) is 11.3 Å². The second-order valence-electron chi connectivity index (χ2n) is 4.73. The normalized spacial score (nSPS) is 12.4. The molecule has 0 radical (unpaired) electrons. The van der Waals surface area contributed by atoms with Crippen LogP contribution in [0.25, 0.3) is 0 Å². The lowest BCUT2D eigenvalue weighted by molar-refractivity contribution is 0.543. The van der Waals surface area contributed by atoms with Crippen molar-refractivity contribution in [1.29, 1.82) is 0 Å². The second kappa shape index (κ2) is 6.31. The number of nitrogens with two attached hydrogens (primary N) is 1. The van der Waals surface area contributed by atoms with Crippen molar-refractivity contribution in [3.8, 4) is 0 Å². The summed E-state index contributed by atoms with van der Waals surface area (Å²) in [6.07, 6.45) is 0.486. The highest BCUT2D eigenvalue weighted by molar-refractivity contribution is 6.30. The zero-order chi connectivity index (χ0) is 14.7. The molecular weight excluding hydrogens is 282 g/mol. The molecule has 0 saturated heterocycles. The van der Waals surface area contributed by atoms with E-state index < -0.39 is 5.82 Å². The third kappa shape index (κ3) is 3.54. The monoisotopic (exact) mass is 296 g/mol. The van der Waals surface area contributed by atoms with E-state index in [0.29, 0.717) is 6.42 Å². The molecule has 106 valence electrons. The van der Waals surface area contributed by atoms with Crippen LogP contribution in [0.2, 0.25) is 5.02 Å². The van der Waals surface area contributed by atoms with Crippen LogP contribution in [0.5, 0.6) is 0 Å². The number of nitrogens with one attached hydrogen (secondary N) is 1. The quantitative estimate of drug-likeness (QED) is 0.667. The summed E-state index contributed by atoms with van der Waals surface area (Å²) in [5.41, 5.74) is 5.03. The minimum atomic E-state index is -0.464. The molecule has 0 aliphatic rings. The smallest absolute Gasteiger partial charge is 0.141 e. The number of benzene rings is 2. The van der Waals surface area contributed by atoms with Crippen molar-refractivity contribution in [2.24, 2.45) is 5.84 Å². The average molecular weight is 297 g/mol. The Bertz CT molecular complexity index is 597. The summed E-state index contributed by atoms with van der Waals surface area (Å²) in [6, 6.07) is 8.96. The molecule has 0 bridgehead atoms. The van der Waals surface area contributed by atoms with E-state index in [1.165, 1.54) is 18.2 Å². The molecule has 0 aliphatic carbocycles. The molecule has 0 heterocycles. The van der Waals surface area contributed by atoms with Gasteiger partial charge in [-0.15, -0.1) is 0 Å². The Morgan fingerprint density at radius 2 is 1.95 bits per heavy atom. The fourth-order valence-electron chi connectivity index (χ4n) is 2.14. The Hall–Kier alpha value is -1.49. The van der Waals surface area contributed by atoms with Gasteiger partial charge in [-0.05, 0) is 54.3 Å². The molecule has 0 aliphatic heterocycles.